The van der Waals surface area contributed by atoms with Gasteiger partial charge in [0.15, 0.2) is 11.6 Å². The molecule has 0 atom stereocenters. The number of ether oxygens (including phenoxy) is 1. The van der Waals surface area contributed by atoms with Crippen molar-refractivity contribution >= 4 is 22.5 Å². The Balaban J connectivity index is 1.23. The number of fused-ring (bicyclic) bond motifs is 1. The summed E-state index contributed by atoms with van der Waals surface area (Å²) < 4.78 is 36.4. The van der Waals surface area contributed by atoms with Crippen molar-refractivity contribution < 1.29 is 18.3 Å². The smallest absolute Gasteiger partial charge is 0.214 e. The Kier molecular flexibility index (Phi) is 7.28. The second-order valence-electron chi connectivity index (χ2n) is 11.2. The van der Waals surface area contributed by atoms with Gasteiger partial charge in [0.2, 0.25) is 5.78 Å². The van der Waals surface area contributed by atoms with Crippen LogP contribution in [-0.4, -0.2) is 44.6 Å². The molecule has 0 amide bonds. The first-order chi connectivity index (χ1) is 20.2. The number of carbonyl (C=O) groups is 1. The van der Waals surface area contributed by atoms with Crippen molar-refractivity contribution in [3.63, 3.8) is 0 Å². The summed E-state index contributed by atoms with van der Waals surface area (Å²) in [5.41, 5.74) is 9.71. The number of H-pyrrole nitrogens is 1. The van der Waals surface area contributed by atoms with E-state index in [1.807, 2.05) is 13.0 Å². The zero-order valence-electron chi connectivity index (χ0n) is 23.8. The third kappa shape index (κ3) is 5.16. The average Bonchev–Trinajstić information content (AvgIpc) is 3.57. The van der Waals surface area contributed by atoms with Gasteiger partial charge >= 0.3 is 0 Å². The molecule has 1 fully saturated rings. The number of anilines is 1. The molecule has 3 N–H and O–H groups in total. The third-order valence-corrected chi connectivity index (χ3v) is 8.19. The first-order valence-electron chi connectivity index (χ1n) is 14.2. The number of likely N-dealkylation sites (tertiary alicyclic amines) is 1. The summed E-state index contributed by atoms with van der Waals surface area (Å²) in [6.07, 6.45) is 3.23. The van der Waals surface area contributed by atoms with Crippen LogP contribution < -0.4 is 10.5 Å². The molecule has 0 radical (unpaired) electrons. The van der Waals surface area contributed by atoms with E-state index < -0.39 is 5.82 Å². The number of aryl methyl sites for hydroxylation is 1. The fourth-order valence-corrected chi connectivity index (χ4v) is 5.74. The van der Waals surface area contributed by atoms with E-state index in [0.717, 1.165) is 31.5 Å². The van der Waals surface area contributed by atoms with Gasteiger partial charge < -0.3 is 20.4 Å². The van der Waals surface area contributed by atoms with Gasteiger partial charge in [-0.1, -0.05) is 12.1 Å². The summed E-state index contributed by atoms with van der Waals surface area (Å²) in [4.78, 5) is 19.1. The van der Waals surface area contributed by atoms with Crippen molar-refractivity contribution in [2.45, 2.75) is 45.6 Å². The number of hydrogen-bond donors (Lipinski definition) is 2. The lowest BCUT2D eigenvalue weighted by atomic mass is 9.88. The summed E-state index contributed by atoms with van der Waals surface area (Å²) in [5, 5.41) is 4.99. The molecule has 0 spiro atoms. The van der Waals surface area contributed by atoms with Crippen molar-refractivity contribution in [2.75, 3.05) is 18.8 Å². The number of aromatic amines is 1. The average molecular weight is 570 g/mol. The van der Waals surface area contributed by atoms with Gasteiger partial charge in [-0.2, -0.15) is 5.10 Å². The maximum atomic E-state index is 15.2. The molecule has 3 aromatic carbocycles. The molecule has 216 valence electrons. The molecule has 0 aliphatic carbocycles. The number of benzene rings is 3. The largest absolute Gasteiger partial charge is 0.454 e. The number of nitrogen functional groups attached to an aromatic ring is 1. The predicted octanol–water partition coefficient (Wildman–Crippen LogP) is 7.13. The maximum Gasteiger partial charge on any atom is 0.214 e. The topological polar surface area (TPSA) is 89.2 Å². The third-order valence-electron chi connectivity index (χ3n) is 8.19. The Hall–Kier alpha value is -4.50. The zero-order valence-corrected chi connectivity index (χ0v) is 23.8. The zero-order chi connectivity index (χ0) is 29.5. The summed E-state index contributed by atoms with van der Waals surface area (Å²) in [6, 6.07) is 16.9. The van der Waals surface area contributed by atoms with Gasteiger partial charge in [-0.3, -0.25) is 4.79 Å². The van der Waals surface area contributed by atoms with Gasteiger partial charge in [0.05, 0.1) is 23.1 Å². The molecule has 6 rings (SSSR count). The van der Waals surface area contributed by atoms with Crippen LogP contribution in [-0.2, 0) is 0 Å². The fraction of sp³-hybridized carbons (Fsp3) is 0.273. The van der Waals surface area contributed by atoms with Crippen LogP contribution in [0.25, 0.3) is 16.6 Å². The highest BCUT2D eigenvalue weighted by Gasteiger charge is 2.26. The van der Waals surface area contributed by atoms with Crippen LogP contribution in [0.2, 0.25) is 0 Å². The normalized spacial score (nSPS) is 14.6. The number of carbonyl (C=O) groups excluding carboxylic acids is 1. The second kappa shape index (κ2) is 11.1. The van der Waals surface area contributed by atoms with Gasteiger partial charge in [0, 0.05) is 16.9 Å². The van der Waals surface area contributed by atoms with Crippen LogP contribution in [0.4, 0.5) is 14.6 Å². The quantitative estimate of drug-likeness (QED) is 0.204. The molecular weight excluding hydrogens is 536 g/mol. The molecule has 9 heteroatoms. The number of ketones is 1. The molecule has 0 saturated carbocycles. The lowest BCUT2D eigenvalue weighted by Gasteiger charge is -2.34. The SMILES string of the molecule is Cc1cc(-n2ncc(C(=O)c3cc4cc(F)c(C5CCN(C(C)C)CC5)cc4[nH]3)c2N)ccc1Oc1ccccc1F. The van der Waals surface area contributed by atoms with Crippen LogP contribution in [0, 0.1) is 18.6 Å². The second-order valence-corrected chi connectivity index (χ2v) is 11.2. The van der Waals surface area contributed by atoms with Gasteiger partial charge in [-0.05, 0) is 112 Å². The summed E-state index contributed by atoms with van der Waals surface area (Å²) >= 11 is 0. The first kappa shape index (κ1) is 27.7. The molecule has 1 aliphatic rings. The van der Waals surface area contributed by atoms with Crippen molar-refractivity contribution in [1.29, 1.82) is 0 Å². The molecule has 7 nitrogen and oxygen atoms in total. The number of hydrogen-bond acceptors (Lipinski definition) is 5. The number of nitrogens with zero attached hydrogens (tertiary/aromatic N) is 3. The molecule has 42 heavy (non-hydrogen) atoms. The molecule has 1 saturated heterocycles. The lowest BCUT2D eigenvalue weighted by molar-refractivity contribution is 0.103. The fourth-order valence-electron chi connectivity index (χ4n) is 5.74. The molecule has 0 unspecified atom stereocenters. The highest BCUT2D eigenvalue weighted by Crippen LogP contribution is 2.34. The van der Waals surface area contributed by atoms with Gasteiger partial charge in [-0.25, -0.2) is 13.5 Å². The minimum absolute atomic E-state index is 0.127. The van der Waals surface area contributed by atoms with Gasteiger partial charge in [0.1, 0.15) is 17.4 Å². The van der Waals surface area contributed by atoms with E-state index in [1.54, 1.807) is 42.5 Å². The summed E-state index contributed by atoms with van der Waals surface area (Å²) in [6.45, 7) is 8.08. The minimum Gasteiger partial charge on any atom is -0.454 e. The Morgan fingerprint density at radius 1 is 1.02 bits per heavy atom. The van der Waals surface area contributed by atoms with E-state index in [9.17, 15) is 9.18 Å². The van der Waals surface area contributed by atoms with Crippen molar-refractivity contribution in [3.8, 4) is 17.2 Å². The molecule has 2 aromatic heterocycles. The van der Waals surface area contributed by atoms with E-state index in [-0.39, 0.29) is 34.6 Å². The number of nitrogens with two attached hydrogens (primary N) is 1. The van der Waals surface area contributed by atoms with E-state index >= 15 is 4.39 Å². The number of piperidine rings is 1. The van der Waals surface area contributed by atoms with Crippen molar-refractivity contribution in [3.05, 3.63) is 101 Å². The van der Waals surface area contributed by atoms with Crippen LogP contribution in [0.5, 0.6) is 11.5 Å². The van der Waals surface area contributed by atoms with E-state index in [4.69, 9.17) is 10.5 Å². The van der Waals surface area contributed by atoms with E-state index in [0.29, 0.717) is 39.6 Å². The number of halogens is 2. The summed E-state index contributed by atoms with van der Waals surface area (Å²) in [7, 11) is 0. The van der Waals surface area contributed by atoms with Crippen molar-refractivity contribution in [1.82, 2.24) is 19.7 Å². The van der Waals surface area contributed by atoms with Crippen LogP contribution in [0.3, 0.4) is 0 Å². The maximum absolute atomic E-state index is 15.2. The van der Waals surface area contributed by atoms with Crippen LogP contribution >= 0.6 is 0 Å². The van der Waals surface area contributed by atoms with Crippen LogP contribution in [0.1, 0.15) is 59.8 Å². The highest BCUT2D eigenvalue weighted by molar-refractivity contribution is 6.12. The number of para-hydroxylation sites is 1. The van der Waals surface area contributed by atoms with Crippen LogP contribution in [0.15, 0.2) is 66.9 Å². The molecule has 1 aliphatic heterocycles. The first-order valence-corrected chi connectivity index (χ1v) is 14.2. The van der Waals surface area contributed by atoms with E-state index in [2.05, 4.69) is 28.8 Å². The molecular formula is C33H33F2N5O2. The lowest BCUT2D eigenvalue weighted by Crippen LogP contribution is -2.38. The van der Waals surface area contributed by atoms with Gasteiger partial charge in [-0.15, -0.1) is 0 Å². The van der Waals surface area contributed by atoms with Crippen molar-refractivity contribution in [2.24, 2.45) is 0 Å². The molecule has 0 bridgehead atoms. The number of aromatic nitrogens is 3. The van der Waals surface area contributed by atoms with E-state index in [1.165, 1.54) is 23.0 Å². The molecule has 3 heterocycles. The standard InChI is InChI=1S/C33H33F2N5O2/c1-19(2)39-12-10-21(11-13-39)24-17-28-22(15-27(24)35)16-29(38-28)32(41)25-18-37-40(33(25)36)23-8-9-30(20(3)14-23)42-31-7-5-4-6-26(31)34/h4-9,14-19,21,38H,10-13,36H2,1-3H3. The monoisotopic (exact) mass is 569 g/mol. The minimum atomic E-state index is -0.455. The number of nitrogens with one attached hydrogen (secondary N) is 1. The Labute approximate surface area is 242 Å². The Morgan fingerprint density at radius 3 is 2.50 bits per heavy atom. The van der Waals surface area contributed by atoms with Gasteiger partial charge in [0.25, 0.3) is 0 Å². The Morgan fingerprint density at radius 2 is 1.79 bits per heavy atom. The Bertz CT molecular complexity index is 1780. The number of rotatable bonds is 7. The summed E-state index contributed by atoms with van der Waals surface area (Å²) in [5.74, 6) is -0.102. The predicted molar refractivity (Wildman–Crippen MR) is 160 cm³/mol. The highest BCUT2D eigenvalue weighted by atomic mass is 19.1. The molecule has 5 aromatic rings.